The Morgan fingerprint density at radius 3 is 2.75 bits per heavy atom. The van der Waals surface area contributed by atoms with Crippen molar-refractivity contribution in [2.75, 3.05) is 11.5 Å². The molecule has 1 unspecified atom stereocenters. The first-order valence-electron chi connectivity index (χ1n) is 6.40. The van der Waals surface area contributed by atoms with Crippen LogP contribution in [0.25, 0.3) is 0 Å². The minimum absolute atomic E-state index is 0.414. The van der Waals surface area contributed by atoms with Crippen LogP contribution in [-0.2, 0) is 0 Å². The van der Waals surface area contributed by atoms with Crippen LogP contribution in [0.15, 0.2) is 4.99 Å². The molecule has 0 amide bonds. The molecule has 3 N–H and O–H groups in total. The number of aliphatic imine (C=N–C) groups is 1. The van der Waals surface area contributed by atoms with Gasteiger partial charge >= 0.3 is 0 Å². The summed E-state index contributed by atoms with van der Waals surface area (Å²) in [5, 5.41) is 3.27. The molecule has 94 valence electrons. The second-order valence-corrected chi connectivity index (χ2v) is 5.83. The van der Waals surface area contributed by atoms with Crippen molar-refractivity contribution in [1.82, 2.24) is 5.32 Å². The number of nitrogens with two attached hydrogens (primary N) is 1. The highest BCUT2D eigenvalue weighted by atomic mass is 32.2. The van der Waals surface area contributed by atoms with E-state index < -0.39 is 0 Å². The molecule has 16 heavy (non-hydrogen) atoms. The minimum Gasteiger partial charge on any atom is -0.370 e. The van der Waals surface area contributed by atoms with Gasteiger partial charge in [0, 0.05) is 11.8 Å². The fourth-order valence-electron chi connectivity index (χ4n) is 2.03. The van der Waals surface area contributed by atoms with Gasteiger partial charge in [-0.25, -0.2) is 0 Å². The summed E-state index contributed by atoms with van der Waals surface area (Å²) in [5.74, 6) is 2.89. The first-order valence-corrected chi connectivity index (χ1v) is 7.55. The monoisotopic (exact) mass is 243 g/mol. The highest BCUT2D eigenvalue weighted by molar-refractivity contribution is 7.99. The predicted molar refractivity (Wildman–Crippen MR) is 74.1 cm³/mol. The molecule has 0 aromatic rings. The third-order valence-corrected chi connectivity index (χ3v) is 4.01. The average molecular weight is 243 g/mol. The van der Waals surface area contributed by atoms with Crippen LogP contribution < -0.4 is 11.1 Å². The van der Waals surface area contributed by atoms with Gasteiger partial charge < -0.3 is 11.1 Å². The normalized spacial score (nSPS) is 20.8. The van der Waals surface area contributed by atoms with Gasteiger partial charge in [0.15, 0.2) is 5.96 Å². The second-order valence-electron chi connectivity index (χ2n) is 4.51. The predicted octanol–water partition coefficient (Wildman–Crippen LogP) is 2.37. The van der Waals surface area contributed by atoms with Crippen molar-refractivity contribution in [3.63, 3.8) is 0 Å². The van der Waals surface area contributed by atoms with Crippen molar-refractivity contribution in [2.24, 2.45) is 10.7 Å². The van der Waals surface area contributed by atoms with E-state index in [0.717, 1.165) is 11.5 Å². The van der Waals surface area contributed by atoms with Gasteiger partial charge in [0.25, 0.3) is 0 Å². The van der Waals surface area contributed by atoms with E-state index in [1.54, 1.807) is 0 Å². The summed E-state index contributed by atoms with van der Waals surface area (Å²) in [6.45, 7) is 4.34. The summed E-state index contributed by atoms with van der Waals surface area (Å²) in [4.78, 5) is 4.56. The van der Waals surface area contributed by atoms with Gasteiger partial charge in [0.2, 0.25) is 0 Å². The number of nitrogens with zero attached hydrogens (tertiary/aromatic N) is 1. The number of thioether (sulfide) groups is 1. The molecule has 0 aromatic carbocycles. The number of guanidine groups is 1. The Hall–Kier alpha value is -0.380. The fourth-order valence-corrected chi connectivity index (χ4v) is 2.71. The molecule has 0 aliphatic heterocycles. The lowest BCUT2D eigenvalue weighted by atomic mass is 9.96. The molecule has 1 aliphatic rings. The van der Waals surface area contributed by atoms with Crippen molar-refractivity contribution < 1.29 is 0 Å². The molecule has 0 radical (unpaired) electrons. The summed E-state index contributed by atoms with van der Waals surface area (Å²) in [5.41, 5.74) is 5.91. The van der Waals surface area contributed by atoms with Gasteiger partial charge in [-0.05, 0) is 25.5 Å². The maximum atomic E-state index is 5.91. The maximum absolute atomic E-state index is 5.91. The molecule has 3 nitrogen and oxygen atoms in total. The molecule has 0 bridgehead atoms. The molecule has 1 saturated carbocycles. The van der Waals surface area contributed by atoms with Crippen LogP contribution in [0, 0.1) is 0 Å². The smallest absolute Gasteiger partial charge is 0.189 e. The minimum atomic E-state index is 0.414. The van der Waals surface area contributed by atoms with Gasteiger partial charge in [-0.2, -0.15) is 11.8 Å². The van der Waals surface area contributed by atoms with Crippen molar-refractivity contribution in [1.29, 1.82) is 0 Å². The third kappa shape index (κ3) is 5.64. The van der Waals surface area contributed by atoms with Crippen molar-refractivity contribution >= 4 is 17.7 Å². The average Bonchev–Trinajstić information content (AvgIpc) is 2.27. The van der Waals surface area contributed by atoms with E-state index in [9.17, 15) is 0 Å². The number of nitrogens with one attached hydrogen (secondary N) is 1. The van der Waals surface area contributed by atoms with E-state index in [2.05, 4.69) is 24.2 Å². The van der Waals surface area contributed by atoms with E-state index in [-0.39, 0.29) is 0 Å². The Bertz CT molecular complexity index is 212. The number of hydrogen-bond acceptors (Lipinski definition) is 2. The van der Waals surface area contributed by atoms with Crippen LogP contribution >= 0.6 is 11.8 Å². The summed E-state index contributed by atoms with van der Waals surface area (Å²) in [6.07, 6.45) is 6.40. The molecule has 0 aromatic heterocycles. The van der Waals surface area contributed by atoms with Crippen molar-refractivity contribution in [3.05, 3.63) is 0 Å². The summed E-state index contributed by atoms with van der Waals surface area (Å²) < 4.78 is 0. The van der Waals surface area contributed by atoms with Gasteiger partial charge in [0.05, 0.1) is 6.04 Å². The fraction of sp³-hybridized carbons (Fsp3) is 0.917. The molecule has 1 aliphatic carbocycles. The molecular formula is C12H25N3S. The lowest BCUT2D eigenvalue weighted by molar-refractivity contribution is 0.441. The molecule has 1 fully saturated rings. The van der Waals surface area contributed by atoms with Crippen LogP contribution in [0.4, 0.5) is 0 Å². The zero-order chi connectivity index (χ0) is 11.8. The molecule has 1 rings (SSSR count). The van der Waals surface area contributed by atoms with Gasteiger partial charge in [-0.15, -0.1) is 0 Å². The first-order chi connectivity index (χ1) is 7.72. The third-order valence-electron chi connectivity index (χ3n) is 2.86. The Morgan fingerprint density at radius 2 is 2.12 bits per heavy atom. The highest BCUT2D eigenvalue weighted by Crippen LogP contribution is 2.19. The zero-order valence-corrected chi connectivity index (χ0v) is 11.4. The van der Waals surface area contributed by atoms with E-state index in [4.69, 9.17) is 5.73 Å². The highest BCUT2D eigenvalue weighted by Gasteiger charge is 2.12. The topological polar surface area (TPSA) is 50.4 Å². The SMILES string of the molecule is CCSCC(C)NC(N)=NC1CCCCC1. The maximum Gasteiger partial charge on any atom is 0.189 e. The van der Waals surface area contributed by atoms with Crippen LogP contribution in [0.2, 0.25) is 0 Å². The molecule has 0 spiro atoms. The Morgan fingerprint density at radius 1 is 1.44 bits per heavy atom. The van der Waals surface area contributed by atoms with Gasteiger partial charge in [-0.1, -0.05) is 26.2 Å². The Kier molecular flexibility index (Phi) is 6.69. The quantitative estimate of drug-likeness (QED) is 0.576. The van der Waals surface area contributed by atoms with Gasteiger partial charge in [0.1, 0.15) is 0 Å². The van der Waals surface area contributed by atoms with E-state index >= 15 is 0 Å². The van der Waals surface area contributed by atoms with Crippen LogP contribution in [0.3, 0.4) is 0 Å². The summed E-state index contributed by atoms with van der Waals surface area (Å²) in [7, 11) is 0. The molecule has 1 atom stereocenters. The van der Waals surface area contributed by atoms with Gasteiger partial charge in [-0.3, -0.25) is 4.99 Å². The Balaban J connectivity index is 2.26. The Labute approximate surface area is 104 Å². The van der Waals surface area contributed by atoms with Crippen LogP contribution in [-0.4, -0.2) is 29.5 Å². The standard InChI is InChI=1S/C12H25N3S/c1-3-16-9-10(2)14-12(13)15-11-7-5-4-6-8-11/h10-11H,3-9H2,1-2H3,(H3,13,14,15). The number of rotatable bonds is 5. The lowest BCUT2D eigenvalue weighted by Gasteiger charge is -2.20. The van der Waals surface area contributed by atoms with Crippen molar-refractivity contribution in [3.8, 4) is 0 Å². The molecule has 0 heterocycles. The zero-order valence-electron chi connectivity index (χ0n) is 10.5. The summed E-state index contributed by atoms with van der Waals surface area (Å²) >= 11 is 1.93. The van der Waals surface area contributed by atoms with Crippen LogP contribution in [0.5, 0.6) is 0 Å². The summed E-state index contributed by atoms with van der Waals surface area (Å²) in [6, 6.07) is 0.879. The van der Waals surface area contributed by atoms with E-state index in [1.807, 2.05) is 11.8 Å². The first kappa shape index (κ1) is 13.7. The van der Waals surface area contributed by atoms with Crippen molar-refractivity contribution in [2.45, 2.75) is 58.0 Å². The largest absolute Gasteiger partial charge is 0.370 e. The number of hydrogen-bond donors (Lipinski definition) is 2. The second kappa shape index (κ2) is 7.82. The van der Waals surface area contributed by atoms with E-state index in [1.165, 1.54) is 32.1 Å². The van der Waals surface area contributed by atoms with Crippen LogP contribution in [0.1, 0.15) is 46.0 Å². The molecule has 0 saturated heterocycles. The molecular weight excluding hydrogens is 218 g/mol. The molecule has 4 heteroatoms. The van der Waals surface area contributed by atoms with E-state index in [0.29, 0.717) is 18.0 Å². The lowest BCUT2D eigenvalue weighted by Crippen LogP contribution is -2.40.